The summed E-state index contributed by atoms with van der Waals surface area (Å²) in [6.45, 7) is 7.15. The van der Waals surface area contributed by atoms with Crippen molar-refractivity contribution in [2.24, 2.45) is 10.9 Å². The number of hydrogen-bond donors (Lipinski definition) is 2. The molecule has 1 aromatic rings. The van der Waals surface area contributed by atoms with Crippen molar-refractivity contribution < 1.29 is 4.79 Å². The molecule has 0 unspecified atom stereocenters. The minimum atomic E-state index is 0. The van der Waals surface area contributed by atoms with Gasteiger partial charge in [0.1, 0.15) is 0 Å². The smallest absolute Gasteiger partial charge is 0.224 e. The molecule has 1 aliphatic rings. The summed E-state index contributed by atoms with van der Waals surface area (Å²) in [4.78, 5) is 18.5. The summed E-state index contributed by atoms with van der Waals surface area (Å²) in [6.07, 6.45) is 3.86. The second-order valence-corrected chi connectivity index (χ2v) is 6.57. The third-order valence-electron chi connectivity index (χ3n) is 4.43. The number of nitrogens with zero attached hydrogens (tertiary/aromatic N) is 2. The minimum Gasteiger partial charge on any atom is -0.352 e. The Kier molecular flexibility index (Phi) is 9.85. The first-order valence-electron chi connectivity index (χ1n) is 8.96. The molecule has 0 saturated carbocycles. The van der Waals surface area contributed by atoms with Gasteiger partial charge in [0, 0.05) is 38.8 Å². The van der Waals surface area contributed by atoms with Gasteiger partial charge in [0.2, 0.25) is 5.91 Å². The fourth-order valence-electron chi connectivity index (χ4n) is 2.94. The van der Waals surface area contributed by atoms with E-state index in [1.807, 2.05) is 32.2 Å². The van der Waals surface area contributed by atoms with Gasteiger partial charge < -0.3 is 15.5 Å². The highest BCUT2D eigenvalue weighted by Gasteiger charge is 2.18. The zero-order valence-corrected chi connectivity index (χ0v) is 17.9. The summed E-state index contributed by atoms with van der Waals surface area (Å²) >= 11 is 0. The Morgan fingerprint density at radius 1 is 1.32 bits per heavy atom. The second-order valence-electron chi connectivity index (χ2n) is 6.57. The number of rotatable bonds is 5. The van der Waals surface area contributed by atoms with Crippen molar-refractivity contribution in [3.05, 3.63) is 29.8 Å². The van der Waals surface area contributed by atoms with Crippen LogP contribution in [-0.4, -0.2) is 36.9 Å². The summed E-state index contributed by atoms with van der Waals surface area (Å²) in [5, 5.41) is 6.38. The predicted molar refractivity (Wildman–Crippen MR) is 116 cm³/mol. The van der Waals surface area contributed by atoms with Crippen LogP contribution in [0.5, 0.6) is 0 Å². The molecule has 2 N–H and O–H groups in total. The lowest BCUT2D eigenvalue weighted by molar-refractivity contribution is -0.116. The van der Waals surface area contributed by atoms with Gasteiger partial charge in [-0.3, -0.25) is 9.79 Å². The molecule has 1 aliphatic heterocycles. The van der Waals surface area contributed by atoms with E-state index >= 15 is 0 Å². The molecule has 0 bridgehead atoms. The Morgan fingerprint density at radius 2 is 2.04 bits per heavy atom. The summed E-state index contributed by atoms with van der Waals surface area (Å²) in [5.41, 5.74) is 1.99. The third-order valence-corrected chi connectivity index (χ3v) is 4.43. The van der Waals surface area contributed by atoms with Crippen molar-refractivity contribution >= 4 is 41.5 Å². The van der Waals surface area contributed by atoms with E-state index in [0.717, 1.165) is 42.6 Å². The number of anilines is 1. The maximum Gasteiger partial charge on any atom is 0.224 e. The molecule has 1 saturated heterocycles. The fourth-order valence-corrected chi connectivity index (χ4v) is 2.94. The normalized spacial score (nSPS) is 15.5. The number of likely N-dealkylation sites (tertiary alicyclic amines) is 1. The van der Waals surface area contributed by atoms with Crippen LogP contribution < -0.4 is 10.6 Å². The highest BCUT2D eigenvalue weighted by molar-refractivity contribution is 14.0. The number of carbonyl (C=O) groups excluding carboxylic acids is 1. The van der Waals surface area contributed by atoms with E-state index in [4.69, 9.17) is 0 Å². The van der Waals surface area contributed by atoms with Gasteiger partial charge >= 0.3 is 0 Å². The van der Waals surface area contributed by atoms with Crippen LogP contribution in [0.3, 0.4) is 0 Å². The van der Waals surface area contributed by atoms with Crippen molar-refractivity contribution in [3.8, 4) is 0 Å². The number of guanidine groups is 1. The monoisotopic (exact) mass is 458 g/mol. The molecule has 6 heteroatoms. The summed E-state index contributed by atoms with van der Waals surface area (Å²) in [6, 6.07) is 7.99. The third kappa shape index (κ3) is 7.22. The van der Waals surface area contributed by atoms with Gasteiger partial charge in [0.25, 0.3) is 0 Å². The van der Waals surface area contributed by atoms with Gasteiger partial charge in [-0.25, -0.2) is 0 Å². The highest BCUT2D eigenvalue weighted by Crippen LogP contribution is 2.16. The maximum atomic E-state index is 11.7. The lowest BCUT2D eigenvalue weighted by Gasteiger charge is -2.33. The van der Waals surface area contributed by atoms with E-state index in [-0.39, 0.29) is 29.9 Å². The van der Waals surface area contributed by atoms with Crippen LogP contribution in [0.25, 0.3) is 0 Å². The number of hydrogen-bond acceptors (Lipinski definition) is 2. The summed E-state index contributed by atoms with van der Waals surface area (Å²) in [7, 11) is 1.84. The molecular formula is C19H31IN4O. The van der Waals surface area contributed by atoms with Crippen molar-refractivity contribution in [2.45, 2.75) is 46.1 Å². The Balaban J connectivity index is 0.00000312. The first-order chi connectivity index (χ1) is 11.6. The molecule has 1 heterocycles. The van der Waals surface area contributed by atoms with Crippen molar-refractivity contribution in [1.82, 2.24) is 10.2 Å². The Morgan fingerprint density at radius 3 is 2.68 bits per heavy atom. The molecule has 0 spiro atoms. The van der Waals surface area contributed by atoms with Crippen LogP contribution in [0.4, 0.5) is 5.69 Å². The lowest BCUT2D eigenvalue weighted by Crippen LogP contribution is -2.45. The van der Waals surface area contributed by atoms with E-state index in [9.17, 15) is 4.79 Å². The van der Waals surface area contributed by atoms with Crippen LogP contribution in [-0.2, 0) is 11.3 Å². The Hall–Kier alpha value is -1.31. The van der Waals surface area contributed by atoms with Crippen molar-refractivity contribution in [2.75, 3.05) is 25.5 Å². The number of nitrogens with one attached hydrogen (secondary N) is 2. The standard InChI is InChI=1S/C19H30N4O.HI/c1-4-6-18(24)22-17-8-5-7-16(13-17)14-21-19(20-3)23-11-9-15(2)10-12-23;/h5,7-8,13,15H,4,6,9-12,14H2,1-3H3,(H,20,21)(H,22,24);1H. The first-order valence-corrected chi connectivity index (χ1v) is 8.96. The van der Waals surface area contributed by atoms with E-state index in [1.54, 1.807) is 0 Å². The van der Waals surface area contributed by atoms with E-state index < -0.39 is 0 Å². The zero-order chi connectivity index (χ0) is 17.4. The molecule has 0 radical (unpaired) electrons. The van der Waals surface area contributed by atoms with Gasteiger partial charge in [-0.05, 0) is 42.9 Å². The number of aliphatic imine (C=N–C) groups is 1. The molecule has 2 rings (SSSR count). The number of carbonyl (C=O) groups is 1. The highest BCUT2D eigenvalue weighted by atomic mass is 127. The first kappa shape index (κ1) is 21.7. The minimum absolute atomic E-state index is 0. The topological polar surface area (TPSA) is 56.7 Å². The van der Waals surface area contributed by atoms with Crippen molar-refractivity contribution in [1.29, 1.82) is 0 Å². The molecule has 0 atom stereocenters. The molecule has 1 amide bonds. The quantitative estimate of drug-likeness (QED) is 0.401. The van der Waals surface area contributed by atoms with Gasteiger partial charge in [-0.1, -0.05) is 26.0 Å². The van der Waals surface area contributed by atoms with E-state index in [1.165, 1.54) is 12.8 Å². The van der Waals surface area contributed by atoms with Crippen LogP contribution in [0.15, 0.2) is 29.3 Å². The summed E-state index contributed by atoms with van der Waals surface area (Å²) < 4.78 is 0. The Bertz CT molecular complexity index is 568. The van der Waals surface area contributed by atoms with E-state index in [2.05, 4.69) is 33.5 Å². The molecule has 0 aromatic heterocycles. The molecule has 25 heavy (non-hydrogen) atoms. The number of piperidine rings is 1. The molecular weight excluding hydrogens is 427 g/mol. The fraction of sp³-hybridized carbons (Fsp3) is 0.579. The second kappa shape index (κ2) is 11.3. The lowest BCUT2D eigenvalue weighted by atomic mass is 9.99. The number of benzene rings is 1. The van der Waals surface area contributed by atoms with Crippen molar-refractivity contribution in [3.63, 3.8) is 0 Å². The number of amides is 1. The predicted octanol–water partition coefficient (Wildman–Crippen LogP) is 3.85. The zero-order valence-electron chi connectivity index (χ0n) is 15.5. The van der Waals surface area contributed by atoms with Crippen LogP contribution in [0.2, 0.25) is 0 Å². The average Bonchev–Trinajstić information content (AvgIpc) is 2.57. The van der Waals surface area contributed by atoms with Crippen LogP contribution in [0.1, 0.15) is 45.1 Å². The van der Waals surface area contributed by atoms with E-state index in [0.29, 0.717) is 13.0 Å². The molecule has 5 nitrogen and oxygen atoms in total. The SMILES string of the molecule is CCCC(=O)Nc1cccc(CNC(=NC)N2CCC(C)CC2)c1.I. The van der Waals surface area contributed by atoms with Gasteiger partial charge in [0.15, 0.2) is 5.96 Å². The molecule has 1 aromatic carbocycles. The summed E-state index contributed by atoms with van der Waals surface area (Å²) in [5.74, 6) is 1.84. The average molecular weight is 458 g/mol. The van der Waals surface area contributed by atoms with Gasteiger partial charge in [-0.15, -0.1) is 24.0 Å². The van der Waals surface area contributed by atoms with Gasteiger partial charge in [-0.2, -0.15) is 0 Å². The van der Waals surface area contributed by atoms with Crippen LogP contribution in [0, 0.1) is 5.92 Å². The maximum absolute atomic E-state index is 11.7. The van der Waals surface area contributed by atoms with Crippen LogP contribution >= 0.6 is 24.0 Å². The largest absolute Gasteiger partial charge is 0.352 e. The van der Waals surface area contributed by atoms with Gasteiger partial charge in [0.05, 0.1) is 0 Å². The molecule has 140 valence electrons. The molecule has 1 fully saturated rings. The number of halogens is 1. The molecule has 0 aliphatic carbocycles. The Labute approximate surface area is 168 Å².